The van der Waals surface area contributed by atoms with Crippen molar-refractivity contribution in [3.05, 3.63) is 0 Å². The van der Waals surface area contributed by atoms with E-state index in [0.29, 0.717) is 12.3 Å². The summed E-state index contributed by atoms with van der Waals surface area (Å²) in [5.41, 5.74) is -0.934. The Labute approximate surface area is 88.7 Å². The lowest BCUT2D eigenvalue weighted by atomic mass is 9.79. The maximum Gasteiger partial charge on any atom is 0.102 e. The van der Waals surface area contributed by atoms with Gasteiger partial charge in [0.15, 0.2) is 0 Å². The standard InChI is InChI=1S/C10H19NO4/c1-5-2-6-8(14)9(15)10(3-5,11-6)7(13)4-12/h5-9,11-15H,2-4H2,1H3/t5-,6+,7?,8+,9+,10?/m0/s1. The molecule has 0 saturated carbocycles. The summed E-state index contributed by atoms with van der Waals surface area (Å²) in [5.74, 6) is 0.323. The third kappa shape index (κ3) is 1.50. The largest absolute Gasteiger partial charge is 0.394 e. The fourth-order valence-electron chi connectivity index (χ4n) is 3.10. The number of nitrogens with one attached hydrogen (secondary N) is 1. The van der Waals surface area contributed by atoms with E-state index >= 15 is 0 Å². The molecule has 2 fully saturated rings. The molecule has 6 atom stereocenters. The van der Waals surface area contributed by atoms with Crippen molar-refractivity contribution in [3.8, 4) is 0 Å². The van der Waals surface area contributed by atoms with E-state index < -0.39 is 30.5 Å². The van der Waals surface area contributed by atoms with Gasteiger partial charge < -0.3 is 25.7 Å². The maximum atomic E-state index is 9.95. The zero-order valence-electron chi connectivity index (χ0n) is 8.80. The minimum atomic E-state index is -1.03. The number of aliphatic hydroxyl groups is 4. The van der Waals surface area contributed by atoms with Gasteiger partial charge in [-0.1, -0.05) is 6.92 Å². The van der Waals surface area contributed by atoms with E-state index in [4.69, 9.17) is 5.11 Å². The van der Waals surface area contributed by atoms with Gasteiger partial charge in [0.2, 0.25) is 0 Å². The molecule has 2 aliphatic rings. The molecule has 2 aliphatic heterocycles. The van der Waals surface area contributed by atoms with Crippen LogP contribution in [0.5, 0.6) is 0 Å². The highest BCUT2D eigenvalue weighted by Gasteiger charge is 2.58. The summed E-state index contributed by atoms with van der Waals surface area (Å²) in [6, 6.07) is -0.176. The van der Waals surface area contributed by atoms with Gasteiger partial charge in [-0.15, -0.1) is 0 Å². The molecular formula is C10H19NO4. The van der Waals surface area contributed by atoms with Gasteiger partial charge in [0.05, 0.1) is 24.4 Å². The van der Waals surface area contributed by atoms with E-state index in [1.54, 1.807) is 0 Å². The molecule has 2 heterocycles. The molecule has 5 nitrogen and oxygen atoms in total. The Morgan fingerprint density at radius 2 is 2.13 bits per heavy atom. The summed E-state index contributed by atoms with van der Waals surface area (Å²) in [6.07, 6.45) is -1.53. The number of hydrogen-bond acceptors (Lipinski definition) is 5. The minimum absolute atomic E-state index is 0.176. The Morgan fingerprint density at radius 3 is 2.73 bits per heavy atom. The van der Waals surface area contributed by atoms with Crippen LogP contribution < -0.4 is 5.32 Å². The molecule has 5 heteroatoms. The summed E-state index contributed by atoms with van der Waals surface area (Å²) >= 11 is 0. The van der Waals surface area contributed by atoms with Gasteiger partial charge in [-0.05, 0) is 18.8 Å². The number of rotatable bonds is 2. The quantitative estimate of drug-likeness (QED) is 0.376. The van der Waals surface area contributed by atoms with Crippen LogP contribution in [-0.4, -0.2) is 56.9 Å². The summed E-state index contributed by atoms with van der Waals surface area (Å²) in [6.45, 7) is 1.62. The molecule has 5 N–H and O–H groups in total. The summed E-state index contributed by atoms with van der Waals surface area (Å²) in [5, 5.41) is 41.6. The maximum absolute atomic E-state index is 9.95. The molecule has 2 saturated heterocycles. The second kappa shape index (κ2) is 3.68. The van der Waals surface area contributed by atoms with E-state index in [2.05, 4.69) is 5.32 Å². The van der Waals surface area contributed by atoms with Crippen molar-refractivity contribution in [2.75, 3.05) is 6.61 Å². The topological polar surface area (TPSA) is 93.0 Å². The molecule has 0 amide bonds. The van der Waals surface area contributed by atoms with Gasteiger partial charge in [-0.3, -0.25) is 0 Å². The van der Waals surface area contributed by atoms with E-state index in [1.807, 2.05) is 6.92 Å². The molecule has 0 aliphatic carbocycles. The van der Waals surface area contributed by atoms with E-state index in [-0.39, 0.29) is 6.04 Å². The summed E-state index contributed by atoms with van der Waals surface area (Å²) in [7, 11) is 0. The smallest absolute Gasteiger partial charge is 0.102 e. The fourth-order valence-corrected chi connectivity index (χ4v) is 3.10. The van der Waals surface area contributed by atoms with Crippen molar-refractivity contribution in [2.24, 2.45) is 5.92 Å². The third-order valence-electron chi connectivity index (χ3n) is 3.83. The lowest BCUT2D eigenvalue weighted by molar-refractivity contribution is -0.0659. The predicted octanol–water partition coefficient (Wildman–Crippen LogP) is -1.80. The summed E-state index contributed by atoms with van der Waals surface area (Å²) < 4.78 is 0. The number of piperidine rings is 1. The first-order chi connectivity index (χ1) is 7.01. The highest BCUT2D eigenvalue weighted by Crippen LogP contribution is 2.41. The number of fused-ring (bicyclic) bond motifs is 2. The first-order valence-electron chi connectivity index (χ1n) is 5.44. The lowest BCUT2D eigenvalue weighted by Gasteiger charge is -2.41. The second-order valence-corrected chi connectivity index (χ2v) is 4.97. The average Bonchev–Trinajstić information content (AvgIpc) is 2.40. The van der Waals surface area contributed by atoms with Crippen LogP contribution in [0.4, 0.5) is 0 Å². The molecule has 0 spiro atoms. The van der Waals surface area contributed by atoms with Crippen molar-refractivity contribution in [2.45, 2.75) is 49.7 Å². The molecule has 0 radical (unpaired) electrons. The van der Waals surface area contributed by atoms with Gasteiger partial charge in [0, 0.05) is 6.04 Å². The Bertz CT molecular complexity index is 246. The Kier molecular flexibility index (Phi) is 2.77. The zero-order valence-corrected chi connectivity index (χ0v) is 8.80. The molecule has 15 heavy (non-hydrogen) atoms. The highest BCUT2D eigenvalue weighted by atomic mass is 16.3. The van der Waals surface area contributed by atoms with Crippen molar-refractivity contribution in [3.63, 3.8) is 0 Å². The lowest BCUT2D eigenvalue weighted by Crippen LogP contribution is -2.62. The number of aliphatic hydroxyl groups excluding tert-OH is 4. The van der Waals surface area contributed by atoms with Crippen molar-refractivity contribution < 1.29 is 20.4 Å². The Morgan fingerprint density at radius 1 is 1.47 bits per heavy atom. The molecule has 2 unspecified atom stereocenters. The van der Waals surface area contributed by atoms with Crippen molar-refractivity contribution in [1.29, 1.82) is 0 Å². The van der Waals surface area contributed by atoms with Gasteiger partial charge in [-0.25, -0.2) is 0 Å². The fraction of sp³-hybridized carbons (Fsp3) is 1.00. The summed E-state index contributed by atoms with van der Waals surface area (Å²) in [4.78, 5) is 0. The van der Waals surface area contributed by atoms with Crippen LogP contribution >= 0.6 is 0 Å². The Balaban J connectivity index is 2.28. The van der Waals surface area contributed by atoms with E-state index in [1.165, 1.54) is 0 Å². The molecule has 0 aromatic heterocycles. The van der Waals surface area contributed by atoms with Gasteiger partial charge in [0.25, 0.3) is 0 Å². The third-order valence-corrected chi connectivity index (χ3v) is 3.83. The van der Waals surface area contributed by atoms with Gasteiger partial charge in [0.1, 0.15) is 6.10 Å². The second-order valence-electron chi connectivity index (χ2n) is 4.97. The van der Waals surface area contributed by atoms with Crippen LogP contribution in [0.2, 0.25) is 0 Å². The van der Waals surface area contributed by atoms with Crippen molar-refractivity contribution in [1.82, 2.24) is 5.32 Å². The molecule has 2 bridgehead atoms. The molecular weight excluding hydrogens is 198 g/mol. The molecule has 2 rings (SSSR count). The predicted molar refractivity (Wildman–Crippen MR) is 53.2 cm³/mol. The van der Waals surface area contributed by atoms with Crippen LogP contribution in [0.1, 0.15) is 19.8 Å². The highest BCUT2D eigenvalue weighted by molar-refractivity contribution is 5.16. The Hall–Kier alpha value is -0.200. The SMILES string of the molecule is C[C@H]1C[C@H]2NC(C(O)CO)(C1)[C@H](O)[C@@H]2O. The van der Waals surface area contributed by atoms with Crippen LogP contribution in [0.25, 0.3) is 0 Å². The first kappa shape index (κ1) is 11.3. The zero-order chi connectivity index (χ0) is 11.2. The van der Waals surface area contributed by atoms with Crippen LogP contribution in [0.15, 0.2) is 0 Å². The first-order valence-corrected chi connectivity index (χ1v) is 5.44. The van der Waals surface area contributed by atoms with Crippen LogP contribution in [-0.2, 0) is 0 Å². The van der Waals surface area contributed by atoms with Crippen molar-refractivity contribution >= 4 is 0 Å². The minimum Gasteiger partial charge on any atom is -0.394 e. The molecule has 0 aromatic carbocycles. The van der Waals surface area contributed by atoms with Crippen LogP contribution in [0, 0.1) is 5.92 Å². The van der Waals surface area contributed by atoms with Gasteiger partial charge >= 0.3 is 0 Å². The molecule has 88 valence electrons. The van der Waals surface area contributed by atoms with E-state index in [9.17, 15) is 15.3 Å². The normalized spacial score (nSPS) is 51.8. The monoisotopic (exact) mass is 217 g/mol. The average molecular weight is 217 g/mol. The molecule has 0 aromatic rings. The van der Waals surface area contributed by atoms with Gasteiger partial charge in [-0.2, -0.15) is 0 Å². The number of hydrogen-bond donors (Lipinski definition) is 5. The van der Waals surface area contributed by atoms with E-state index in [0.717, 1.165) is 6.42 Å². The van der Waals surface area contributed by atoms with Crippen LogP contribution in [0.3, 0.4) is 0 Å².